The first-order valence-corrected chi connectivity index (χ1v) is 7.21. The van der Waals surface area contributed by atoms with Gasteiger partial charge in [0.05, 0.1) is 5.52 Å². The first-order chi connectivity index (χ1) is 10.6. The molecular weight excluding hydrogens is 348 g/mol. The molecule has 0 fully saturated rings. The third kappa shape index (κ3) is 2.99. The second kappa shape index (κ2) is 5.98. The highest BCUT2D eigenvalue weighted by molar-refractivity contribution is 9.10. The quantitative estimate of drug-likeness (QED) is 0.565. The van der Waals surface area contributed by atoms with Crippen LogP contribution in [0.15, 0.2) is 63.2 Å². The maximum atomic E-state index is 11.8. The van der Waals surface area contributed by atoms with Gasteiger partial charge in [0.15, 0.2) is 5.69 Å². The number of aromatic amines is 1. The van der Waals surface area contributed by atoms with Gasteiger partial charge in [-0.05, 0) is 30.3 Å². The Labute approximate surface area is 134 Å². The van der Waals surface area contributed by atoms with Gasteiger partial charge in [-0.3, -0.25) is 0 Å². The lowest BCUT2D eigenvalue weighted by atomic mass is 10.2. The van der Waals surface area contributed by atoms with Gasteiger partial charge in [-0.25, -0.2) is 4.79 Å². The Balaban J connectivity index is 1.79. The number of nitrogens with zero attached hydrogens (tertiary/aromatic N) is 2. The fourth-order valence-electron chi connectivity index (χ4n) is 1.99. The monoisotopic (exact) mass is 358 g/mol. The number of fused-ring (bicyclic) bond motifs is 1. The van der Waals surface area contributed by atoms with E-state index in [0.29, 0.717) is 11.1 Å². The van der Waals surface area contributed by atoms with E-state index in [1.165, 1.54) is 0 Å². The van der Waals surface area contributed by atoms with Crippen molar-refractivity contribution in [2.24, 2.45) is 10.2 Å². The molecule has 0 bridgehead atoms. The lowest BCUT2D eigenvalue weighted by molar-refractivity contribution is 0.258. The van der Waals surface area contributed by atoms with Crippen molar-refractivity contribution in [3.05, 3.63) is 53.0 Å². The Morgan fingerprint density at radius 3 is 2.64 bits per heavy atom. The van der Waals surface area contributed by atoms with Crippen molar-refractivity contribution in [2.75, 3.05) is 5.32 Å². The molecule has 2 aromatic carbocycles. The molecule has 0 aliphatic carbocycles. The number of carbonyl (C=O) groups excluding carboxylic acids is 1. The van der Waals surface area contributed by atoms with Crippen molar-refractivity contribution in [3.8, 4) is 5.88 Å². The number of hydrogen-bond acceptors (Lipinski definition) is 3. The number of carbonyl (C=O) groups is 1. The van der Waals surface area contributed by atoms with Crippen LogP contribution in [0, 0.1) is 0 Å². The van der Waals surface area contributed by atoms with Crippen molar-refractivity contribution in [1.82, 2.24) is 4.98 Å². The minimum absolute atomic E-state index is 0.124. The highest BCUT2D eigenvalue weighted by Gasteiger charge is 2.10. The molecular formula is C15H11BrN4O2. The number of nitrogens with one attached hydrogen (secondary N) is 2. The average molecular weight is 359 g/mol. The molecule has 1 heterocycles. The van der Waals surface area contributed by atoms with E-state index in [1.54, 1.807) is 36.4 Å². The van der Waals surface area contributed by atoms with Gasteiger partial charge in [0.2, 0.25) is 5.88 Å². The SMILES string of the molecule is O=C(N=Nc1c(O)[nH]c2ccccc12)Nc1ccc(Br)cc1. The van der Waals surface area contributed by atoms with Crippen molar-refractivity contribution >= 4 is 44.2 Å². The molecule has 0 saturated carbocycles. The van der Waals surface area contributed by atoms with Gasteiger partial charge in [0.1, 0.15) is 0 Å². The highest BCUT2D eigenvalue weighted by Crippen LogP contribution is 2.35. The maximum Gasteiger partial charge on any atom is 0.364 e. The summed E-state index contributed by atoms with van der Waals surface area (Å²) < 4.78 is 0.913. The van der Waals surface area contributed by atoms with E-state index in [9.17, 15) is 9.90 Å². The molecule has 22 heavy (non-hydrogen) atoms. The smallest absolute Gasteiger partial charge is 0.364 e. The molecule has 0 saturated heterocycles. The normalized spacial score (nSPS) is 11.1. The molecule has 1 aromatic heterocycles. The number of aromatic nitrogens is 1. The first kappa shape index (κ1) is 14.3. The molecule has 0 aliphatic rings. The third-order valence-corrected chi connectivity index (χ3v) is 3.52. The van der Waals surface area contributed by atoms with Crippen LogP contribution in [0.3, 0.4) is 0 Å². The van der Waals surface area contributed by atoms with Crippen LogP contribution in [0.2, 0.25) is 0 Å². The van der Waals surface area contributed by atoms with Crippen molar-refractivity contribution in [2.45, 2.75) is 0 Å². The maximum absolute atomic E-state index is 11.8. The number of benzene rings is 2. The van der Waals surface area contributed by atoms with Crippen LogP contribution in [0.25, 0.3) is 10.9 Å². The molecule has 0 spiro atoms. The van der Waals surface area contributed by atoms with Crippen molar-refractivity contribution in [3.63, 3.8) is 0 Å². The lowest BCUT2D eigenvalue weighted by Gasteiger charge is -2.00. The van der Waals surface area contributed by atoms with Crippen LogP contribution in [-0.2, 0) is 0 Å². The zero-order chi connectivity index (χ0) is 15.5. The number of H-pyrrole nitrogens is 1. The van der Waals surface area contributed by atoms with E-state index >= 15 is 0 Å². The lowest BCUT2D eigenvalue weighted by Crippen LogP contribution is -2.04. The third-order valence-electron chi connectivity index (χ3n) is 3.00. The van der Waals surface area contributed by atoms with Crippen LogP contribution in [0.4, 0.5) is 16.2 Å². The van der Waals surface area contributed by atoms with E-state index in [4.69, 9.17) is 0 Å². The summed E-state index contributed by atoms with van der Waals surface area (Å²) in [4.78, 5) is 14.5. The number of aromatic hydroxyl groups is 1. The summed E-state index contributed by atoms with van der Waals surface area (Å²) in [5.74, 6) is -0.124. The Kier molecular flexibility index (Phi) is 3.88. The van der Waals surface area contributed by atoms with Crippen molar-refractivity contribution in [1.29, 1.82) is 0 Å². The summed E-state index contributed by atoms with van der Waals surface area (Å²) in [5, 5.41) is 20.5. The van der Waals surface area contributed by atoms with Crippen LogP contribution in [-0.4, -0.2) is 16.1 Å². The average Bonchev–Trinajstić information content (AvgIpc) is 2.83. The Morgan fingerprint density at radius 1 is 1.14 bits per heavy atom. The number of urea groups is 1. The number of azo groups is 1. The molecule has 6 nitrogen and oxygen atoms in total. The molecule has 2 amide bonds. The summed E-state index contributed by atoms with van der Waals surface area (Å²) in [5.41, 5.74) is 1.57. The Hall–Kier alpha value is -2.67. The Morgan fingerprint density at radius 2 is 1.86 bits per heavy atom. The molecule has 0 aliphatic heterocycles. The highest BCUT2D eigenvalue weighted by atomic mass is 79.9. The molecule has 110 valence electrons. The number of halogens is 1. The van der Waals surface area contributed by atoms with Gasteiger partial charge in [-0.2, -0.15) is 0 Å². The predicted octanol–water partition coefficient (Wildman–Crippen LogP) is 4.95. The van der Waals surface area contributed by atoms with E-state index < -0.39 is 6.03 Å². The van der Waals surface area contributed by atoms with E-state index in [0.717, 1.165) is 9.99 Å². The van der Waals surface area contributed by atoms with Gasteiger partial charge in [0.25, 0.3) is 0 Å². The first-order valence-electron chi connectivity index (χ1n) is 6.41. The summed E-state index contributed by atoms with van der Waals surface area (Å²) in [6, 6.07) is 13.7. The van der Waals surface area contributed by atoms with Gasteiger partial charge in [-0.15, -0.1) is 5.11 Å². The molecule has 3 rings (SSSR count). The van der Waals surface area contributed by atoms with Crippen LogP contribution < -0.4 is 5.32 Å². The molecule has 0 atom stereocenters. The van der Waals surface area contributed by atoms with E-state index in [-0.39, 0.29) is 11.6 Å². The van der Waals surface area contributed by atoms with Gasteiger partial charge >= 0.3 is 6.03 Å². The minimum Gasteiger partial charge on any atom is -0.493 e. The molecule has 0 unspecified atom stereocenters. The fourth-order valence-corrected chi connectivity index (χ4v) is 2.26. The topological polar surface area (TPSA) is 89.8 Å². The molecule has 3 aromatic rings. The molecule has 0 radical (unpaired) electrons. The minimum atomic E-state index is -0.619. The molecule has 7 heteroatoms. The van der Waals surface area contributed by atoms with E-state index in [2.05, 4.69) is 36.5 Å². The molecule has 3 N–H and O–H groups in total. The summed E-state index contributed by atoms with van der Waals surface area (Å²) in [6.45, 7) is 0. The van der Waals surface area contributed by atoms with Crippen molar-refractivity contribution < 1.29 is 9.90 Å². The number of para-hydroxylation sites is 1. The van der Waals surface area contributed by atoms with Gasteiger partial charge < -0.3 is 15.4 Å². The number of hydrogen-bond donors (Lipinski definition) is 3. The summed E-state index contributed by atoms with van der Waals surface area (Å²) in [6.07, 6.45) is 0. The van der Waals surface area contributed by atoms with Crippen LogP contribution >= 0.6 is 15.9 Å². The fraction of sp³-hybridized carbons (Fsp3) is 0. The van der Waals surface area contributed by atoms with E-state index in [1.807, 2.05) is 12.1 Å². The predicted molar refractivity (Wildman–Crippen MR) is 87.6 cm³/mol. The van der Waals surface area contributed by atoms with Gasteiger partial charge in [0, 0.05) is 15.5 Å². The number of amides is 2. The summed E-state index contributed by atoms with van der Waals surface area (Å²) in [7, 11) is 0. The second-order valence-electron chi connectivity index (χ2n) is 4.50. The zero-order valence-electron chi connectivity index (χ0n) is 11.2. The Bertz CT molecular complexity index is 856. The zero-order valence-corrected chi connectivity index (χ0v) is 12.8. The standard InChI is InChI=1S/C15H11BrN4O2/c16-9-5-7-10(8-6-9)17-15(22)20-19-13-11-3-1-2-4-12(11)18-14(13)21/h1-8,18,21H,(H,17,22). The second-order valence-corrected chi connectivity index (χ2v) is 5.42. The van der Waals surface area contributed by atoms with Crippen LogP contribution in [0.5, 0.6) is 5.88 Å². The largest absolute Gasteiger partial charge is 0.493 e. The number of anilines is 1. The van der Waals surface area contributed by atoms with Crippen LogP contribution in [0.1, 0.15) is 0 Å². The van der Waals surface area contributed by atoms with Gasteiger partial charge in [-0.1, -0.05) is 39.2 Å². The summed E-state index contributed by atoms with van der Waals surface area (Å²) >= 11 is 3.31. The number of rotatable bonds is 2.